The van der Waals surface area contributed by atoms with Gasteiger partial charge in [0, 0.05) is 6.04 Å². The van der Waals surface area contributed by atoms with Crippen LogP contribution in [0.5, 0.6) is 0 Å². The lowest BCUT2D eigenvalue weighted by atomic mass is 10.3. The first-order chi connectivity index (χ1) is 6.77. The highest BCUT2D eigenvalue weighted by Crippen LogP contribution is 2.08. The van der Waals surface area contributed by atoms with Crippen molar-refractivity contribution < 1.29 is 0 Å². The van der Waals surface area contributed by atoms with E-state index in [9.17, 15) is 0 Å². The van der Waals surface area contributed by atoms with Crippen LogP contribution in [-0.2, 0) is 6.67 Å². The van der Waals surface area contributed by atoms with Crippen LogP contribution in [0, 0.1) is 0 Å². The summed E-state index contributed by atoms with van der Waals surface area (Å²) < 4.78 is 1.87. The van der Waals surface area contributed by atoms with Gasteiger partial charge in [-0.15, -0.1) is 5.10 Å². The van der Waals surface area contributed by atoms with E-state index < -0.39 is 0 Å². The monoisotopic (exact) mass is 190 g/mol. The van der Waals surface area contributed by atoms with Crippen molar-refractivity contribution in [3.63, 3.8) is 0 Å². The average Bonchev–Trinajstić information content (AvgIpc) is 2.58. The summed E-state index contributed by atoms with van der Waals surface area (Å²) in [5.41, 5.74) is 2.01. The molecule has 0 amide bonds. The Kier molecular flexibility index (Phi) is 2.45. The van der Waals surface area contributed by atoms with Crippen molar-refractivity contribution in [3.05, 3.63) is 24.3 Å². The van der Waals surface area contributed by atoms with Crippen LogP contribution in [0.15, 0.2) is 24.3 Å². The largest absolute Gasteiger partial charge is 0.296 e. The number of nitrogens with zero attached hydrogens (tertiary/aromatic N) is 3. The van der Waals surface area contributed by atoms with Crippen LogP contribution in [0.4, 0.5) is 0 Å². The third-order valence-corrected chi connectivity index (χ3v) is 2.07. The summed E-state index contributed by atoms with van der Waals surface area (Å²) in [5.74, 6) is 0. The van der Waals surface area contributed by atoms with Gasteiger partial charge in [-0.1, -0.05) is 17.3 Å². The molecule has 0 bridgehead atoms. The summed E-state index contributed by atoms with van der Waals surface area (Å²) in [4.78, 5) is 0. The Hall–Kier alpha value is -1.42. The zero-order valence-electron chi connectivity index (χ0n) is 8.44. The van der Waals surface area contributed by atoms with E-state index in [1.54, 1.807) is 0 Å². The van der Waals surface area contributed by atoms with Crippen LogP contribution >= 0.6 is 0 Å². The minimum atomic E-state index is 0.456. The highest BCUT2D eigenvalue weighted by atomic mass is 15.4. The Labute approximate surface area is 82.9 Å². The van der Waals surface area contributed by atoms with Gasteiger partial charge in [-0.3, -0.25) is 5.32 Å². The molecule has 1 aromatic heterocycles. The second-order valence-electron chi connectivity index (χ2n) is 3.59. The third-order valence-electron chi connectivity index (χ3n) is 2.07. The molecule has 1 N–H and O–H groups in total. The molecule has 1 heterocycles. The topological polar surface area (TPSA) is 42.7 Å². The van der Waals surface area contributed by atoms with Gasteiger partial charge in [-0.2, -0.15) is 0 Å². The Morgan fingerprint density at radius 2 is 2.14 bits per heavy atom. The van der Waals surface area contributed by atoms with E-state index in [-0.39, 0.29) is 0 Å². The third kappa shape index (κ3) is 1.75. The first kappa shape index (κ1) is 9.15. The quantitative estimate of drug-likeness (QED) is 0.795. The van der Waals surface area contributed by atoms with E-state index in [4.69, 9.17) is 0 Å². The van der Waals surface area contributed by atoms with Crippen LogP contribution in [-0.4, -0.2) is 21.0 Å². The smallest absolute Gasteiger partial charge is 0.113 e. The van der Waals surface area contributed by atoms with E-state index >= 15 is 0 Å². The summed E-state index contributed by atoms with van der Waals surface area (Å²) in [6.45, 7) is 4.93. The molecule has 0 aliphatic rings. The highest BCUT2D eigenvalue weighted by molar-refractivity contribution is 5.73. The molecular formula is C10H14N4. The molecule has 0 unspecified atom stereocenters. The fourth-order valence-corrected chi connectivity index (χ4v) is 1.30. The van der Waals surface area contributed by atoms with E-state index in [0.717, 1.165) is 11.0 Å². The van der Waals surface area contributed by atoms with Crippen LogP contribution in [0.3, 0.4) is 0 Å². The number of para-hydroxylation sites is 1. The number of rotatable bonds is 3. The molecule has 0 spiro atoms. The zero-order valence-corrected chi connectivity index (χ0v) is 8.44. The number of hydrogen-bond acceptors (Lipinski definition) is 3. The average molecular weight is 190 g/mol. The van der Waals surface area contributed by atoms with Crippen molar-refractivity contribution in [1.29, 1.82) is 0 Å². The summed E-state index contributed by atoms with van der Waals surface area (Å²) >= 11 is 0. The summed E-state index contributed by atoms with van der Waals surface area (Å²) in [5, 5.41) is 11.4. The van der Waals surface area contributed by atoms with Crippen LogP contribution in [0.25, 0.3) is 11.0 Å². The molecule has 4 heteroatoms. The SMILES string of the molecule is CC(C)NCn1nnc2ccccc21. The summed E-state index contributed by atoms with van der Waals surface area (Å²) in [6.07, 6.45) is 0. The van der Waals surface area contributed by atoms with Gasteiger partial charge < -0.3 is 0 Å². The van der Waals surface area contributed by atoms with Crippen molar-refractivity contribution in [2.45, 2.75) is 26.6 Å². The van der Waals surface area contributed by atoms with Crippen LogP contribution in [0.1, 0.15) is 13.8 Å². The maximum atomic E-state index is 4.07. The predicted octanol–water partition coefficient (Wildman–Crippen LogP) is 1.39. The molecule has 0 fully saturated rings. The van der Waals surface area contributed by atoms with Crippen molar-refractivity contribution in [1.82, 2.24) is 20.3 Å². The first-order valence-corrected chi connectivity index (χ1v) is 4.79. The molecule has 0 aliphatic heterocycles. The van der Waals surface area contributed by atoms with Crippen molar-refractivity contribution in [3.8, 4) is 0 Å². The molecule has 0 atom stereocenters. The van der Waals surface area contributed by atoms with E-state index in [1.165, 1.54) is 0 Å². The molecule has 2 aromatic rings. The lowest BCUT2D eigenvalue weighted by Crippen LogP contribution is -2.26. The fourth-order valence-electron chi connectivity index (χ4n) is 1.30. The Morgan fingerprint density at radius 3 is 2.93 bits per heavy atom. The zero-order chi connectivity index (χ0) is 9.97. The summed E-state index contributed by atoms with van der Waals surface area (Å²) in [6, 6.07) is 8.42. The van der Waals surface area contributed by atoms with Crippen LogP contribution < -0.4 is 5.32 Å². The summed E-state index contributed by atoms with van der Waals surface area (Å²) in [7, 11) is 0. The first-order valence-electron chi connectivity index (χ1n) is 4.79. The van der Waals surface area contributed by atoms with E-state index in [2.05, 4.69) is 29.5 Å². The molecule has 4 nitrogen and oxygen atoms in total. The standard InChI is InChI=1S/C10H14N4/c1-8(2)11-7-14-10-6-4-3-5-9(10)12-13-14/h3-6,8,11H,7H2,1-2H3. The van der Waals surface area contributed by atoms with E-state index in [1.807, 2.05) is 28.9 Å². The molecule has 0 saturated heterocycles. The van der Waals surface area contributed by atoms with Gasteiger partial charge in [0.15, 0.2) is 0 Å². The lowest BCUT2D eigenvalue weighted by Gasteiger charge is -2.07. The van der Waals surface area contributed by atoms with Gasteiger partial charge in [0.2, 0.25) is 0 Å². The fraction of sp³-hybridized carbons (Fsp3) is 0.400. The highest BCUT2D eigenvalue weighted by Gasteiger charge is 2.02. The molecular weight excluding hydrogens is 176 g/mol. The molecule has 1 aromatic carbocycles. The molecule has 0 radical (unpaired) electrons. The Morgan fingerprint density at radius 1 is 1.36 bits per heavy atom. The van der Waals surface area contributed by atoms with Gasteiger partial charge in [0.05, 0.1) is 12.2 Å². The number of benzene rings is 1. The number of nitrogens with one attached hydrogen (secondary N) is 1. The minimum absolute atomic E-state index is 0.456. The van der Waals surface area contributed by atoms with E-state index in [0.29, 0.717) is 12.7 Å². The second-order valence-corrected chi connectivity index (χ2v) is 3.59. The predicted molar refractivity (Wildman–Crippen MR) is 55.8 cm³/mol. The normalized spacial score (nSPS) is 11.4. The molecule has 0 aliphatic carbocycles. The van der Waals surface area contributed by atoms with Gasteiger partial charge in [-0.05, 0) is 26.0 Å². The molecule has 74 valence electrons. The second kappa shape index (κ2) is 3.75. The maximum Gasteiger partial charge on any atom is 0.113 e. The van der Waals surface area contributed by atoms with Crippen molar-refractivity contribution in [2.24, 2.45) is 0 Å². The maximum absolute atomic E-state index is 4.07. The molecule has 14 heavy (non-hydrogen) atoms. The van der Waals surface area contributed by atoms with Gasteiger partial charge >= 0.3 is 0 Å². The van der Waals surface area contributed by atoms with Gasteiger partial charge in [0.25, 0.3) is 0 Å². The number of fused-ring (bicyclic) bond motifs is 1. The molecule has 2 rings (SSSR count). The minimum Gasteiger partial charge on any atom is -0.296 e. The van der Waals surface area contributed by atoms with Crippen LogP contribution in [0.2, 0.25) is 0 Å². The van der Waals surface area contributed by atoms with Crippen molar-refractivity contribution >= 4 is 11.0 Å². The number of hydrogen-bond donors (Lipinski definition) is 1. The van der Waals surface area contributed by atoms with Crippen molar-refractivity contribution in [2.75, 3.05) is 0 Å². The van der Waals surface area contributed by atoms with Gasteiger partial charge in [0.1, 0.15) is 5.52 Å². The lowest BCUT2D eigenvalue weighted by molar-refractivity contribution is 0.467. The number of aromatic nitrogens is 3. The van der Waals surface area contributed by atoms with Gasteiger partial charge in [-0.25, -0.2) is 4.68 Å². The molecule has 0 saturated carbocycles. The Balaban J connectivity index is 2.25. The Bertz CT molecular complexity index is 419.